The van der Waals surface area contributed by atoms with E-state index in [-0.39, 0.29) is 0 Å². The van der Waals surface area contributed by atoms with Crippen LogP contribution in [0.2, 0.25) is 0 Å². The van der Waals surface area contributed by atoms with Crippen LogP contribution >= 0.6 is 0 Å². The maximum atomic E-state index is 5.38. The van der Waals surface area contributed by atoms with Crippen LogP contribution in [0.1, 0.15) is 39.5 Å². The van der Waals surface area contributed by atoms with Crippen molar-refractivity contribution in [1.82, 2.24) is 4.90 Å². The molecule has 1 aliphatic rings. The molecule has 0 aromatic heterocycles. The number of hydrogen-bond acceptors (Lipinski definition) is 2. The topological polar surface area (TPSA) is 12.5 Å². The van der Waals surface area contributed by atoms with E-state index >= 15 is 0 Å². The maximum absolute atomic E-state index is 5.38. The lowest BCUT2D eigenvalue weighted by Crippen LogP contribution is -2.20. The van der Waals surface area contributed by atoms with Gasteiger partial charge in [-0.1, -0.05) is 12.2 Å². The Bertz CT molecular complexity index is 239. The molecule has 92 valence electrons. The zero-order valence-electron chi connectivity index (χ0n) is 10.8. The Kier molecular flexibility index (Phi) is 6.24. The molecule has 1 heterocycles. The molecule has 0 spiro atoms. The van der Waals surface area contributed by atoms with Gasteiger partial charge in [0.15, 0.2) is 0 Å². The van der Waals surface area contributed by atoms with Crippen molar-refractivity contribution in [3.8, 4) is 0 Å². The van der Waals surface area contributed by atoms with Gasteiger partial charge in [0.1, 0.15) is 0 Å². The molecule has 0 N–H and O–H groups in total. The second kappa shape index (κ2) is 7.50. The van der Waals surface area contributed by atoms with E-state index in [1.54, 1.807) is 0 Å². The molecular formula is C14H25NO. The van der Waals surface area contributed by atoms with Crippen LogP contribution in [0, 0.1) is 0 Å². The summed E-state index contributed by atoms with van der Waals surface area (Å²) >= 11 is 0. The zero-order chi connectivity index (χ0) is 11.8. The fraction of sp³-hybridized carbons (Fsp3) is 0.714. The summed E-state index contributed by atoms with van der Waals surface area (Å²) in [5.41, 5.74) is 1.19. The molecule has 0 unspecified atom stereocenters. The third-order valence-electron chi connectivity index (χ3n) is 2.95. The van der Waals surface area contributed by atoms with E-state index in [1.807, 2.05) is 13.8 Å². The van der Waals surface area contributed by atoms with Gasteiger partial charge in [-0.05, 0) is 65.2 Å². The van der Waals surface area contributed by atoms with Crippen LogP contribution in [0.25, 0.3) is 0 Å². The van der Waals surface area contributed by atoms with Crippen LogP contribution in [-0.4, -0.2) is 31.1 Å². The molecule has 0 radical (unpaired) electrons. The van der Waals surface area contributed by atoms with Gasteiger partial charge in [0, 0.05) is 0 Å². The molecule has 1 rings (SSSR count). The molecular weight excluding hydrogens is 198 g/mol. The van der Waals surface area contributed by atoms with E-state index in [0.717, 1.165) is 18.8 Å². The molecule has 0 aromatic rings. The molecule has 0 saturated carbocycles. The molecule has 2 nitrogen and oxygen atoms in total. The number of ether oxygens (including phenoxy) is 1. The second-order valence-electron chi connectivity index (χ2n) is 4.50. The second-order valence-corrected chi connectivity index (χ2v) is 4.50. The maximum Gasteiger partial charge on any atom is 0.0931 e. The highest BCUT2D eigenvalue weighted by Gasteiger charge is 2.10. The SMILES string of the molecule is C=C(C=C(C)OCC)CCCN1CCCC1. The summed E-state index contributed by atoms with van der Waals surface area (Å²) in [5.74, 6) is 0.980. The van der Waals surface area contributed by atoms with Crippen molar-refractivity contribution in [2.24, 2.45) is 0 Å². The third kappa shape index (κ3) is 5.36. The average Bonchev–Trinajstić information content (AvgIpc) is 2.70. The van der Waals surface area contributed by atoms with Crippen LogP contribution < -0.4 is 0 Å². The summed E-state index contributed by atoms with van der Waals surface area (Å²) in [7, 11) is 0. The number of nitrogens with zero attached hydrogens (tertiary/aromatic N) is 1. The fourth-order valence-corrected chi connectivity index (χ4v) is 2.16. The minimum atomic E-state index is 0.739. The fourth-order valence-electron chi connectivity index (χ4n) is 2.16. The molecule has 1 fully saturated rings. The number of likely N-dealkylation sites (tertiary alicyclic amines) is 1. The first-order chi connectivity index (χ1) is 7.72. The van der Waals surface area contributed by atoms with E-state index in [1.165, 1.54) is 44.5 Å². The lowest BCUT2D eigenvalue weighted by atomic mass is 10.1. The predicted octanol–water partition coefficient (Wildman–Crippen LogP) is 3.36. The molecule has 0 amide bonds. The van der Waals surface area contributed by atoms with Crippen molar-refractivity contribution in [3.63, 3.8) is 0 Å². The lowest BCUT2D eigenvalue weighted by molar-refractivity contribution is 0.231. The van der Waals surface area contributed by atoms with Gasteiger partial charge in [0.05, 0.1) is 12.4 Å². The van der Waals surface area contributed by atoms with Gasteiger partial charge in [-0.25, -0.2) is 0 Å². The molecule has 0 aliphatic carbocycles. The minimum absolute atomic E-state index is 0.739. The Morgan fingerprint density at radius 2 is 2.06 bits per heavy atom. The van der Waals surface area contributed by atoms with Gasteiger partial charge >= 0.3 is 0 Å². The van der Waals surface area contributed by atoms with Crippen LogP contribution in [0.4, 0.5) is 0 Å². The highest BCUT2D eigenvalue weighted by atomic mass is 16.5. The summed E-state index contributed by atoms with van der Waals surface area (Å²) in [5, 5.41) is 0. The first kappa shape index (κ1) is 13.3. The molecule has 0 bridgehead atoms. The number of rotatable bonds is 7. The summed E-state index contributed by atoms with van der Waals surface area (Å²) in [6.45, 7) is 12.6. The summed E-state index contributed by atoms with van der Waals surface area (Å²) in [4.78, 5) is 2.55. The molecule has 2 heteroatoms. The van der Waals surface area contributed by atoms with Gasteiger partial charge in [0.25, 0.3) is 0 Å². The summed E-state index contributed by atoms with van der Waals surface area (Å²) < 4.78 is 5.38. The minimum Gasteiger partial charge on any atom is -0.499 e. The first-order valence-electron chi connectivity index (χ1n) is 6.43. The Balaban J connectivity index is 2.11. The quantitative estimate of drug-likeness (QED) is 0.485. The van der Waals surface area contributed by atoms with Crippen molar-refractivity contribution in [1.29, 1.82) is 0 Å². The first-order valence-corrected chi connectivity index (χ1v) is 6.43. The van der Waals surface area contributed by atoms with E-state index in [2.05, 4.69) is 17.6 Å². The van der Waals surface area contributed by atoms with E-state index < -0.39 is 0 Å². The largest absolute Gasteiger partial charge is 0.499 e. The standard InChI is InChI=1S/C14H25NO/c1-4-16-14(3)12-13(2)8-7-11-15-9-5-6-10-15/h12H,2,4-11H2,1,3H3. The molecule has 0 aromatic carbocycles. The number of allylic oxidation sites excluding steroid dienone is 3. The van der Waals surface area contributed by atoms with Crippen LogP contribution in [0.3, 0.4) is 0 Å². The molecule has 1 aliphatic heterocycles. The van der Waals surface area contributed by atoms with Gasteiger partial charge < -0.3 is 9.64 Å². The van der Waals surface area contributed by atoms with Gasteiger partial charge in [-0.2, -0.15) is 0 Å². The Hall–Kier alpha value is -0.760. The number of hydrogen-bond donors (Lipinski definition) is 0. The Morgan fingerprint density at radius 3 is 2.69 bits per heavy atom. The van der Waals surface area contributed by atoms with Crippen molar-refractivity contribution in [3.05, 3.63) is 24.0 Å². The van der Waals surface area contributed by atoms with Crippen LogP contribution in [0.15, 0.2) is 24.0 Å². The van der Waals surface area contributed by atoms with E-state index in [0.29, 0.717) is 0 Å². The zero-order valence-corrected chi connectivity index (χ0v) is 10.8. The molecule has 1 saturated heterocycles. The van der Waals surface area contributed by atoms with Crippen molar-refractivity contribution in [2.45, 2.75) is 39.5 Å². The van der Waals surface area contributed by atoms with Gasteiger partial charge in [-0.3, -0.25) is 0 Å². The lowest BCUT2D eigenvalue weighted by Gasteiger charge is -2.14. The van der Waals surface area contributed by atoms with Crippen molar-refractivity contribution >= 4 is 0 Å². The van der Waals surface area contributed by atoms with Crippen LogP contribution in [0.5, 0.6) is 0 Å². The highest BCUT2D eigenvalue weighted by Crippen LogP contribution is 2.12. The van der Waals surface area contributed by atoms with Gasteiger partial charge in [-0.15, -0.1) is 0 Å². The smallest absolute Gasteiger partial charge is 0.0931 e. The third-order valence-corrected chi connectivity index (χ3v) is 2.95. The summed E-state index contributed by atoms with van der Waals surface area (Å²) in [6.07, 6.45) is 7.12. The molecule has 16 heavy (non-hydrogen) atoms. The van der Waals surface area contributed by atoms with Crippen LogP contribution in [-0.2, 0) is 4.74 Å². The van der Waals surface area contributed by atoms with Crippen molar-refractivity contribution < 1.29 is 4.74 Å². The average molecular weight is 223 g/mol. The Labute approximate surface area is 100.0 Å². The van der Waals surface area contributed by atoms with E-state index in [4.69, 9.17) is 4.74 Å². The van der Waals surface area contributed by atoms with E-state index in [9.17, 15) is 0 Å². The predicted molar refractivity (Wildman–Crippen MR) is 69.4 cm³/mol. The monoisotopic (exact) mass is 223 g/mol. The van der Waals surface area contributed by atoms with Gasteiger partial charge in [0.2, 0.25) is 0 Å². The van der Waals surface area contributed by atoms with Crippen molar-refractivity contribution in [2.75, 3.05) is 26.2 Å². The highest BCUT2D eigenvalue weighted by molar-refractivity contribution is 5.16. The molecule has 0 atom stereocenters. The Morgan fingerprint density at radius 1 is 1.38 bits per heavy atom. The summed E-state index contributed by atoms with van der Waals surface area (Å²) in [6, 6.07) is 0. The normalized spacial score (nSPS) is 17.8.